The van der Waals surface area contributed by atoms with Gasteiger partial charge in [-0.1, -0.05) is 0 Å². The van der Waals surface area contributed by atoms with Gasteiger partial charge in [-0.15, -0.1) is 0 Å². The van der Waals surface area contributed by atoms with Crippen molar-refractivity contribution in [2.45, 2.75) is 68.1 Å². The zero-order chi connectivity index (χ0) is 18.0. The summed E-state index contributed by atoms with van der Waals surface area (Å²) >= 11 is 0. The van der Waals surface area contributed by atoms with Crippen LogP contribution in [-0.4, -0.2) is 112 Å². The van der Waals surface area contributed by atoms with E-state index in [2.05, 4.69) is 0 Å². The maximum absolute atomic E-state index is 10.2. The van der Waals surface area contributed by atoms with Crippen molar-refractivity contribution in [3.63, 3.8) is 0 Å². The van der Waals surface area contributed by atoms with Crippen LogP contribution in [0.5, 0.6) is 0 Å². The Morgan fingerprint density at radius 3 is 1.88 bits per heavy atom. The van der Waals surface area contributed by atoms with Crippen molar-refractivity contribution in [3.8, 4) is 0 Å². The molecule has 0 spiro atoms. The van der Waals surface area contributed by atoms with Crippen LogP contribution in [0.1, 0.15) is 6.92 Å². The number of hydrogen-bond donors (Lipinski definition) is 6. The number of rotatable bonds is 5. The molecular formula is C14H26O10. The summed E-state index contributed by atoms with van der Waals surface area (Å²) in [5.41, 5.74) is 0. The van der Waals surface area contributed by atoms with Crippen LogP contribution in [0.2, 0.25) is 0 Å². The second kappa shape index (κ2) is 8.32. The zero-order valence-electron chi connectivity index (χ0n) is 13.5. The first kappa shape index (κ1) is 19.9. The van der Waals surface area contributed by atoms with Gasteiger partial charge in [-0.2, -0.15) is 0 Å². The summed E-state index contributed by atoms with van der Waals surface area (Å²) in [6, 6.07) is 0. The molecule has 0 aromatic heterocycles. The Hall–Kier alpha value is -0.400. The summed E-state index contributed by atoms with van der Waals surface area (Å²) in [6.07, 6.45) is -11.7. The summed E-state index contributed by atoms with van der Waals surface area (Å²) in [5.74, 6) is 0. The van der Waals surface area contributed by atoms with E-state index in [1.54, 1.807) is 6.92 Å². The monoisotopic (exact) mass is 354 g/mol. The highest BCUT2D eigenvalue weighted by molar-refractivity contribution is 4.95. The van der Waals surface area contributed by atoms with Crippen molar-refractivity contribution in [2.24, 2.45) is 0 Å². The minimum absolute atomic E-state index is 0.481. The van der Waals surface area contributed by atoms with Crippen LogP contribution in [0.25, 0.3) is 0 Å². The minimum Gasteiger partial charge on any atom is -0.394 e. The maximum Gasteiger partial charge on any atom is 0.187 e. The van der Waals surface area contributed by atoms with Gasteiger partial charge in [0.05, 0.1) is 19.3 Å². The fourth-order valence-corrected chi connectivity index (χ4v) is 3.03. The van der Waals surface area contributed by atoms with E-state index in [-0.39, 0.29) is 0 Å². The van der Waals surface area contributed by atoms with Crippen molar-refractivity contribution >= 4 is 0 Å². The van der Waals surface area contributed by atoms with Crippen LogP contribution in [0.15, 0.2) is 0 Å². The lowest BCUT2D eigenvalue weighted by molar-refractivity contribution is -0.342. The van der Waals surface area contributed by atoms with Crippen LogP contribution in [-0.2, 0) is 18.9 Å². The van der Waals surface area contributed by atoms with Gasteiger partial charge in [0.1, 0.15) is 48.8 Å². The van der Waals surface area contributed by atoms with Crippen LogP contribution in [0, 0.1) is 0 Å². The molecule has 2 fully saturated rings. The molecule has 142 valence electrons. The molecular weight excluding hydrogens is 328 g/mol. The molecule has 3 unspecified atom stereocenters. The Morgan fingerprint density at radius 1 is 0.792 bits per heavy atom. The van der Waals surface area contributed by atoms with Crippen molar-refractivity contribution in [1.29, 1.82) is 0 Å². The predicted molar refractivity (Wildman–Crippen MR) is 76.9 cm³/mol. The van der Waals surface area contributed by atoms with Gasteiger partial charge in [-0.05, 0) is 6.92 Å². The quantitative estimate of drug-likeness (QED) is 0.290. The zero-order valence-corrected chi connectivity index (χ0v) is 13.5. The molecule has 0 aliphatic carbocycles. The number of hydrogen-bond acceptors (Lipinski definition) is 10. The second-order valence-corrected chi connectivity index (χ2v) is 6.05. The average Bonchev–Trinajstić information content (AvgIpc) is 2.57. The van der Waals surface area contributed by atoms with Crippen LogP contribution >= 0.6 is 0 Å². The molecule has 0 aromatic rings. The first-order valence-electron chi connectivity index (χ1n) is 7.78. The van der Waals surface area contributed by atoms with Crippen LogP contribution in [0.3, 0.4) is 0 Å². The molecule has 2 heterocycles. The Bertz CT molecular complexity index is 396. The van der Waals surface area contributed by atoms with Gasteiger partial charge in [0, 0.05) is 7.11 Å². The van der Waals surface area contributed by atoms with Gasteiger partial charge >= 0.3 is 0 Å². The van der Waals surface area contributed by atoms with Crippen molar-refractivity contribution < 1.29 is 49.6 Å². The normalized spacial score (nSPS) is 50.0. The highest BCUT2D eigenvalue weighted by Crippen LogP contribution is 2.29. The average molecular weight is 354 g/mol. The summed E-state index contributed by atoms with van der Waals surface area (Å²) in [5, 5.41) is 59.1. The third-order valence-electron chi connectivity index (χ3n) is 4.49. The van der Waals surface area contributed by atoms with E-state index in [0.29, 0.717) is 0 Å². The molecule has 10 atom stereocenters. The Morgan fingerprint density at radius 2 is 1.33 bits per heavy atom. The fraction of sp³-hybridized carbons (Fsp3) is 1.00. The minimum atomic E-state index is -1.42. The van der Waals surface area contributed by atoms with Gasteiger partial charge in [0.2, 0.25) is 0 Å². The van der Waals surface area contributed by atoms with Crippen molar-refractivity contribution in [3.05, 3.63) is 0 Å². The largest absolute Gasteiger partial charge is 0.394 e. The third kappa shape index (κ3) is 3.73. The van der Waals surface area contributed by atoms with E-state index in [9.17, 15) is 30.6 Å². The molecule has 10 nitrogen and oxygen atoms in total. The number of aliphatic hydroxyl groups excluding tert-OH is 6. The first-order chi connectivity index (χ1) is 11.3. The number of methoxy groups -OCH3 is 1. The molecule has 2 rings (SSSR count). The second-order valence-electron chi connectivity index (χ2n) is 6.05. The molecule has 2 aliphatic rings. The molecule has 0 amide bonds. The van der Waals surface area contributed by atoms with E-state index in [4.69, 9.17) is 18.9 Å². The van der Waals surface area contributed by atoms with Gasteiger partial charge in [-0.3, -0.25) is 0 Å². The molecule has 0 aromatic carbocycles. The summed E-state index contributed by atoms with van der Waals surface area (Å²) in [6.45, 7) is 0.527. The molecule has 2 aliphatic heterocycles. The smallest absolute Gasteiger partial charge is 0.187 e. The Labute approximate surface area is 139 Å². The van der Waals surface area contributed by atoms with E-state index >= 15 is 0 Å². The lowest BCUT2D eigenvalue weighted by atomic mass is 9.95. The molecule has 0 saturated carbocycles. The molecule has 10 heteroatoms. The molecule has 0 bridgehead atoms. The number of aliphatic hydroxyl groups is 6. The topological polar surface area (TPSA) is 158 Å². The van der Waals surface area contributed by atoms with E-state index < -0.39 is 74.4 Å². The Balaban J connectivity index is 2.14. The Kier molecular flexibility index (Phi) is 6.90. The molecule has 24 heavy (non-hydrogen) atoms. The lowest BCUT2D eigenvalue weighted by Gasteiger charge is -2.46. The highest BCUT2D eigenvalue weighted by atomic mass is 16.7. The SMILES string of the molecule is CO[C@@H]1C(O)[C@H](O[C@@H]2[C@H](O)[C@@H](C)OC(CO)[C@H]2O)OC(CO)[C@H]1O. The fourth-order valence-electron chi connectivity index (χ4n) is 3.03. The van der Waals surface area contributed by atoms with Gasteiger partial charge in [-0.25, -0.2) is 0 Å². The predicted octanol–water partition coefficient (Wildman–Crippen LogP) is -3.67. The van der Waals surface area contributed by atoms with Gasteiger partial charge < -0.3 is 49.6 Å². The van der Waals surface area contributed by atoms with Gasteiger partial charge in [0.25, 0.3) is 0 Å². The number of ether oxygens (including phenoxy) is 4. The van der Waals surface area contributed by atoms with Gasteiger partial charge in [0.15, 0.2) is 6.29 Å². The first-order valence-corrected chi connectivity index (χ1v) is 7.78. The van der Waals surface area contributed by atoms with Crippen molar-refractivity contribution in [1.82, 2.24) is 0 Å². The van der Waals surface area contributed by atoms with E-state index in [0.717, 1.165) is 0 Å². The van der Waals surface area contributed by atoms with Crippen molar-refractivity contribution in [2.75, 3.05) is 20.3 Å². The molecule has 0 radical (unpaired) electrons. The standard InChI is InChI=1S/C14H26O10/c1-5-8(17)13(10(19)6(3-15)22-5)24-14-11(20)12(21-2)9(18)7(4-16)23-14/h5-20H,3-4H2,1-2H3/t5-,6?,7?,8-,9-,10-,11?,12+,13-,14+/m1/s1. The summed E-state index contributed by atoms with van der Waals surface area (Å²) in [4.78, 5) is 0. The van der Waals surface area contributed by atoms with E-state index in [1.165, 1.54) is 7.11 Å². The van der Waals surface area contributed by atoms with Crippen LogP contribution in [0.4, 0.5) is 0 Å². The molecule has 2 saturated heterocycles. The highest BCUT2D eigenvalue weighted by Gasteiger charge is 2.50. The maximum atomic E-state index is 10.2. The van der Waals surface area contributed by atoms with E-state index in [1.807, 2.05) is 0 Å². The molecule has 6 N–H and O–H groups in total. The third-order valence-corrected chi connectivity index (χ3v) is 4.49. The summed E-state index contributed by atoms with van der Waals surface area (Å²) in [7, 11) is 1.27. The van der Waals surface area contributed by atoms with Crippen LogP contribution < -0.4 is 0 Å². The lowest BCUT2D eigenvalue weighted by Crippen LogP contribution is -2.64. The summed E-state index contributed by atoms with van der Waals surface area (Å²) < 4.78 is 21.1.